The lowest BCUT2D eigenvalue weighted by Gasteiger charge is -2.15. The fourth-order valence-electron chi connectivity index (χ4n) is 19.3. The number of nitrogens with zero attached hydrogens (tertiary/aromatic N) is 8. The van der Waals surface area contributed by atoms with E-state index in [9.17, 15) is 0 Å². The van der Waals surface area contributed by atoms with Crippen LogP contribution in [0.1, 0.15) is 0 Å². The highest BCUT2D eigenvalue weighted by Gasteiger charge is 2.28. The summed E-state index contributed by atoms with van der Waals surface area (Å²) in [5.41, 5.74) is 31.2. The normalized spacial score (nSPS) is 12.5. The molecular formula is C98H56N18. The first-order chi connectivity index (χ1) is 57.5. The van der Waals surface area contributed by atoms with Gasteiger partial charge in [-0.2, -0.15) is 0 Å². The van der Waals surface area contributed by atoms with Crippen LogP contribution >= 0.6 is 0 Å². The summed E-state index contributed by atoms with van der Waals surface area (Å²) in [6, 6.07) is 77.3. The summed E-state index contributed by atoms with van der Waals surface area (Å²) in [6.45, 7) is 0. The average molecular weight is 1490 g/mol. The van der Waals surface area contributed by atoms with Crippen LogP contribution in [-0.4, -0.2) is 89.7 Å². The molecule has 27 rings (SSSR count). The van der Waals surface area contributed by atoms with E-state index in [1.165, 1.54) is 0 Å². The highest BCUT2D eigenvalue weighted by molar-refractivity contribution is 6.25. The minimum absolute atomic E-state index is 0.801. The Morgan fingerprint density at radius 1 is 0.138 bits per heavy atom. The van der Waals surface area contributed by atoms with Gasteiger partial charge in [0.2, 0.25) is 0 Å². The molecule has 18 heterocycles. The summed E-state index contributed by atoms with van der Waals surface area (Å²) in [5.74, 6) is 0. The molecule has 0 aliphatic rings. The number of benzene rings is 9. The first kappa shape index (κ1) is 61.4. The Morgan fingerprint density at radius 3 is 0.517 bits per heavy atom. The summed E-state index contributed by atoms with van der Waals surface area (Å²) in [4.78, 5) is 80.6. The lowest BCUT2D eigenvalue weighted by molar-refractivity contribution is 1.36. The van der Waals surface area contributed by atoms with Gasteiger partial charge in [-0.1, -0.05) is 97.1 Å². The molecule has 0 spiro atoms. The maximum absolute atomic E-state index is 5.66. The van der Waals surface area contributed by atoms with Crippen LogP contribution < -0.4 is 0 Å². The van der Waals surface area contributed by atoms with Gasteiger partial charge in [0.1, 0.15) is 0 Å². The summed E-state index contributed by atoms with van der Waals surface area (Å²) in [6.07, 6.45) is 20.1. The third-order valence-electron chi connectivity index (χ3n) is 24.5. The van der Waals surface area contributed by atoms with Gasteiger partial charge in [-0.25, -0.2) is 39.9 Å². The largest absolute Gasteiger partial charge is 0.361 e. The van der Waals surface area contributed by atoms with E-state index in [2.05, 4.69) is 268 Å². The zero-order valence-electron chi connectivity index (χ0n) is 61.1. The molecule has 10 N–H and O–H groups in total. The molecule has 9 aromatic carbocycles. The highest BCUT2D eigenvalue weighted by Crippen LogP contribution is 2.49. The molecule has 0 bridgehead atoms. The molecule has 0 amide bonds. The maximum Gasteiger partial charge on any atom is 0.0972 e. The van der Waals surface area contributed by atoms with Crippen molar-refractivity contribution >= 4 is 196 Å². The third kappa shape index (κ3) is 8.50. The van der Waals surface area contributed by atoms with Crippen LogP contribution in [0.15, 0.2) is 280 Å². The van der Waals surface area contributed by atoms with E-state index >= 15 is 0 Å². The number of H-pyrrole nitrogens is 10. The molecule has 27 aromatic rings. The molecule has 0 saturated heterocycles. The van der Waals surface area contributed by atoms with Crippen LogP contribution in [0.3, 0.4) is 0 Å². The summed E-state index contributed by atoms with van der Waals surface area (Å²) >= 11 is 0. The van der Waals surface area contributed by atoms with Crippen molar-refractivity contribution in [3.63, 3.8) is 0 Å². The summed E-state index contributed by atoms with van der Waals surface area (Å²) in [7, 11) is 0. The van der Waals surface area contributed by atoms with Gasteiger partial charge in [-0.3, -0.25) is 0 Å². The fraction of sp³-hybridized carbons (Fsp3) is 0. The van der Waals surface area contributed by atoms with E-state index in [1.807, 2.05) is 62.0 Å². The number of hydrogen-bond donors (Lipinski definition) is 10. The van der Waals surface area contributed by atoms with Gasteiger partial charge < -0.3 is 49.8 Å². The van der Waals surface area contributed by atoms with Gasteiger partial charge in [0.25, 0.3) is 0 Å². The van der Waals surface area contributed by atoms with Gasteiger partial charge >= 0.3 is 0 Å². The number of hydrogen-bond acceptors (Lipinski definition) is 8. The monoisotopic (exact) mass is 1480 g/mol. The van der Waals surface area contributed by atoms with Crippen molar-refractivity contribution in [3.05, 3.63) is 280 Å². The van der Waals surface area contributed by atoms with Crippen LogP contribution in [0.25, 0.3) is 286 Å². The second-order valence-electron chi connectivity index (χ2n) is 30.5. The van der Waals surface area contributed by atoms with E-state index in [0.29, 0.717) is 0 Å². The summed E-state index contributed by atoms with van der Waals surface area (Å²) < 4.78 is 0. The van der Waals surface area contributed by atoms with E-state index in [0.717, 1.165) is 286 Å². The molecule has 18 heteroatoms. The van der Waals surface area contributed by atoms with Gasteiger partial charge in [0.15, 0.2) is 0 Å². The van der Waals surface area contributed by atoms with E-state index in [4.69, 9.17) is 39.9 Å². The fourth-order valence-corrected chi connectivity index (χ4v) is 19.3. The van der Waals surface area contributed by atoms with Crippen LogP contribution in [-0.2, 0) is 0 Å². The van der Waals surface area contributed by atoms with Crippen LogP contribution in [0.4, 0.5) is 0 Å². The van der Waals surface area contributed by atoms with Crippen molar-refractivity contribution in [2.24, 2.45) is 0 Å². The number of aromatic amines is 10. The molecule has 116 heavy (non-hydrogen) atoms. The zero-order chi connectivity index (χ0) is 75.3. The number of fused-ring (bicyclic) bond motifs is 22. The molecule has 0 aliphatic heterocycles. The van der Waals surface area contributed by atoms with Crippen LogP contribution in [0.2, 0.25) is 0 Å². The molecule has 18 nitrogen and oxygen atoms in total. The first-order valence-corrected chi connectivity index (χ1v) is 38.8. The third-order valence-corrected chi connectivity index (χ3v) is 24.5. The van der Waals surface area contributed by atoms with Crippen molar-refractivity contribution in [1.82, 2.24) is 89.7 Å². The van der Waals surface area contributed by atoms with Crippen molar-refractivity contribution in [3.8, 4) is 90.1 Å². The quantitative estimate of drug-likeness (QED) is 0.0653. The predicted molar refractivity (Wildman–Crippen MR) is 471 cm³/mol. The van der Waals surface area contributed by atoms with Crippen molar-refractivity contribution < 1.29 is 0 Å². The van der Waals surface area contributed by atoms with Gasteiger partial charge in [0.05, 0.1) is 134 Å². The second kappa shape index (κ2) is 22.7. The Balaban J connectivity index is 0.555. The molecule has 0 aliphatic carbocycles. The van der Waals surface area contributed by atoms with Gasteiger partial charge in [-0.15, -0.1) is 0 Å². The minimum Gasteiger partial charge on any atom is -0.361 e. The number of nitrogens with one attached hydrogen (secondary N) is 10. The lowest BCUT2D eigenvalue weighted by Crippen LogP contribution is -1.96. The zero-order valence-corrected chi connectivity index (χ0v) is 61.1. The molecule has 538 valence electrons. The topological polar surface area (TPSA) is 261 Å². The Morgan fingerprint density at radius 2 is 0.302 bits per heavy atom. The Hall–Kier alpha value is -16.3. The molecule has 0 saturated carbocycles. The SMILES string of the molecule is c1cc2c(-c3ccc4ccc5ccc(-c6c7cc[nH]c7c(-c7ccc8ccc9ccc(-c%10c%11cc[nH]c%11c(-c%11ccc%12ccc%13ccc(-c%14c%15cc[nH]c%15c(-c%15ccc%16ccc%17ccc(-c%18c%19cc[nH]c%19cc%19cc[nH]c%18%19)nc%17c%16n%15)c%15cc[nH]c%14%15)nc%13c%12n%11)c%11cc[nH]c%10%11)nc9c8n7)c7cc[nH]c67)nc5c4n3)c3[nH]ccc3cc2[nH]1. The van der Waals surface area contributed by atoms with Crippen LogP contribution in [0, 0.1) is 0 Å². The molecule has 0 atom stereocenters. The summed E-state index contributed by atoms with van der Waals surface area (Å²) in [5, 5.41) is 18.5. The smallest absolute Gasteiger partial charge is 0.0972 e. The number of aromatic nitrogens is 18. The van der Waals surface area contributed by atoms with E-state index in [-0.39, 0.29) is 0 Å². The van der Waals surface area contributed by atoms with Gasteiger partial charge in [0, 0.05) is 214 Å². The van der Waals surface area contributed by atoms with Crippen molar-refractivity contribution in [1.29, 1.82) is 0 Å². The number of rotatable bonds is 8. The molecule has 0 fully saturated rings. The molecule has 18 aromatic heterocycles. The second-order valence-corrected chi connectivity index (χ2v) is 30.5. The van der Waals surface area contributed by atoms with Crippen molar-refractivity contribution in [2.45, 2.75) is 0 Å². The molecule has 0 unspecified atom stereocenters. The Bertz CT molecular complexity index is 8260. The first-order valence-electron chi connectivity index (χ1n) is 38.8. The average Bonchev–Trinajstić information content (AvgIpc) is 1.49. The maximum atomic E-state index is 5.66. The van der Waals surface area contributed by atoms with Gasteiger partial charge in [-0.05, 0) is 121 Å². The standard InChI is InChI=1S/C98H56N18/c1-3-49-11-19-67(111-87(49)85-47(1)9-17-65(109-85)75-57-27-37-99-73(57)45-55-25-35-101-83(55)75)77-59-29-39-105-95(59)79(61-31-41-103-93(61)77)69-21-13-51-5-7-53-15-23-71(115-91(53)89(51)113-69)81-63-33-43-108-98(63)82(64-34-44-107-97(64)81)72-24-16-54-8-6-52-14-22-70(114-90(52)92(54)116-72)80-62-32-42-104-94(62)78(60-30-40-106-96(60)80)68-20-12-50-4-2-48-10-18-66(110-86(48)88(50)112-68)76-58-28-38-100-74(58)46-56-26-36-102-84(56)76/h1-46,99-108H. The predicted octanol–water partition coefficient (Wildman–Crippen LogP) is 24.2. The molecular weight excluding hydrogens is 1430 g/mol. The lowest BCUT2D eigenvalue weighted by atomic mass is 9.94. The number of pyridine rings is 8. The Labute approximate surface area is 652 Å². The van der Waals surface area contributed by atoms with E-state index < -0.39 is 0 Å². The van der Waals surface area contributed by atoms with E-state index in [1.54, 1.807) is 0 Å². The van der Waals surface area contributed by atoms with Crippen molar-refractivity contribution in [2.75, 3.05) is 0 Å². The Kier molecular flexibility index (Phi) is 12.0. The highest BCUT2D eigenvalue weighted by atomic mass is 14.9. The van der Waals surface area contributed by atoms with Crippen LogP contribution in [0.5, 0.6) is 0 Å². The molecule has 0 radical (unpaired) electrons. The minimum atomic E-state index is 0.801.